The first-order valence-corrected chi connectivity index (χ1v) is 13.0. The maximum Gasteiger partial charge on any atom is 0.251 e. The summed E-state index contributed by atoms with van der Waals surface area (Å²) in [5.41, 5.74) is 1.87. The summed E-state index contributed by atoms with van der Waals surface area (Å²) in [5, 5.41) is 2.83. The number of nitrogens with zero attached hydrogens (tertiary/aromatic N) is 1. The second kappa shape index (κ2) is 14.6. The van der Waals surface area contributed by atoms with Gasteiger partial charge in [0, 0.05) is 51.6 Å². The van der Waals surface area contributed by atoms with Crippen molar-refractivity contribution >= 4 is 21.6 Å². The van der Waals surface area contributed by atoms with Gasteiger partial charge in [0.15, 0.2) is 0 Å². The summed E-state index contributed by atoms with van der Waals surface area (Å²) < 4.78 is 41.3. The van der Waals surface area contributed by atoms with Gasteiger partial charge >= 0.3 is 0 Å². The molecule has 34 heavy (non-hydrogen) atoms. The molecule has 2 N–H and O–H groups in total. The Kier molecular flexibility index (Phi) is 11.8. The van der Waals surface area contributed by atoms with E-state index in [1.807, 2.05) is 18.2 Å². The molecule has 1 amide bonds. The molecule has 0 aliphatic heterocycles. The average molecular weight is 494 g/mol. The van der Waals surface area contributed by atoms with Crippen molar-refractivity contribution in [3.8, 4) is 5.75 Å². The van der Waals surface area contributed by atoms with Crippen molar-refractivity contribution in [2.45, 2.75) is 13.0 Å². The minimum Gasteiger partial charge on any atom is -0.494 e. The minimum atomic E-state index is -3.40. The third-order valence-corrected chi connectivity index (χ3v) is 5.44. The summed E-state index contributed by atoms with van der Waals surface area (Å²) >= 11 is 0. The highest BCUT2D eigenvalue weighted by Crippen LogP contribution is 2.16. The van der Waals surface area contributed by atoms with Crippen LogP contribution in [0.1, 0.15) is 22.3 Å². The number of amides is 1. The number of methoxy groups -OCH3 is 2. The maximum absolute atomic E-state index is 12.3. The van der Waals surface area contributed by atoms with Gasteiger partial charge in [-0.15, -0.1) is 0 Å². The van der Waals surface area contributed by atoms with Crippen LogP contribution in [0.25, 0.3) is 0 Å². The van der Waals surface area contributed by atoms with Gasteiger partial charge in [0.2, 0.25) is 10.0 Å². The van der Waals surface area contributed by atoms with E-state index in [1.54, 1.807) is 32.4 Å². The largest absolute Gasteiger partial charge is 0.494 e. The summed E-state index contributed by atoms with van der Waals surface area (Å²) in [5.74, 6) is 0.508. The number of hydrogen-bond acceptors (Lipinski definition) is 7. The quantitative estimate of drug-likeness (QED) is 0.346. The summed E-state index contributed by atoms with van der Waals surface area (Å²) in [6, 6.07) is 14.3. The van der Waals surface area contributed by atoms with Crippen molar-refractivity contribution in [2.75, 3.05) is 64.7 Å². The number of carbonyl (C=O) groups excluding carboxylic acids is 1. The molecule has 0 atom stereocenters. The van der Waals surface area contributed by atoms with Gasteiger partial charge < -0.3 is 19.5 Å². The molecule has 0 spiro atoms. The zero-order chi connectivity index (χ0) is 24.8. The molecule has 0 heterocycles. The van der Waals surface area contributed by atoms with E-state index in [-0.39, 0.29) is 5.91 Å². The Hall–Kier alpha value is -2.66. The highest BCUT2D eigenvalue weighted by molar-refractivity contribution is 7.92. The van der Waals surface area contributed by atoms with Crippen LogP contribution in [0, 0.1) is 0 Å². The van der Waals surface area contributed by atoms with Crippen LogP contribution in [-0.4, -0.2) is 79.2 Å². The van der Waals surface area contributed by atoms with Gasteiger partial charge in [-0.2, -0.15) is 0 Å². The predicted molar refractivity (Wildman–Crippen MR) is 133 cm³/mol. The number of sulfonamides is 1. The fourth-order valence-electron chi connectivity index (χ4n) is 3.21. The molecule has 0 saturated carbocycles. The Morgan fingerprint density at radius 3 is 2.35 bits per heavy atom. The number of carbonyl (C=O) groups is 1. The molecule has 0 aromatic heterocycles. The van der Waals surface area contributed by atoms with E-state index in [4.69, 9.17) is 14.2 Å². The van der Waals surface area contributed by atoms with Crippen molar-refractivity contribution in [1.29, 1.82) is 0 Å². The molecule has 0 unspecified atom stereocenters. The summed E-state index contributed by atoms with van der Waals surface area (Å²) in [6.07, 6.45) is 1.69. The average Bonchev–Trinajstić information content (AvgIpc) is 2.80. The van der Waals surface area contributed by atoms with Gasteiger partial charge in [0.05, 0.1) is 26.1 Å². The Morgan fingerprint density at radius 1 is 0.971 bits per heavy atom. The Morgan fingerprint density at radius 2 is 1.68 bits per heavy atom. The van der Waals surface area contributed by atoms with Gasteiger partial charge in [-0.1, -0.05) is 18.2 Å². The summed E-state index contributed by atoms with van der Waals surface area (Å²) in [7, 11) is -0.0146. The second-order valence-corrected chi connectivity index (χ2v) is 9.57. The van der Waals surface area contributed by atoms with Crippen LogP contribution in [0.4, 0.5) is 5.69 Å². The normalized spacial score (nSPS) is 11.4. The molecule has 2 aromatic carbocycles. The molecule has 0 aliphatic carbocycles. The number of nitrogens with one attached hydrogen (secondary N) is 2. The lowest BCUT2D eigenvalue weighted by Gasteiger charge is -2.22. The van der Waals surface area contributed by atoms with Gasteiger partial charge in [-0.05, 0) is 42.3 Å². The molecule has 0 saturated heterocycles. The van der Waals surface area contributed by atoms with Crippen LogP contribution in [0.15, 0.2) is 48.5 Å². The molecular formula is C24H35N3O6S. The second-order valence-electron chi connectivity index (χ2n) is 7.82. The Balaban J connectivity index is 1.77. The highest BCUT2D eigenvalue weighted by atomic mass is 32.2. The van der Waals surface area contributed by atoms with Crippen LogP contribution >= 0.6 is 0 Å². The molecule has 2 aromatic rings. The zero-order valence-corrected chi connectivity index (χ0v) is 20.9. The van der Waals surface area contributed by atoms with Crippen molar-refractivity contribution in [3.05, 3.63) is 59.7 Å². The molecular weight excluding hydrogens is 458 g/mol. The molecule has 9 nitrogen and oxygen atoms in total. The third-order valence-electron chi connectivity index (χ3n) is 4.83. The smallest absolute Gasteiger partial charge is 0.251 e. The van der Waals surface area contributed by atoms with Crippen LogP contribution in [0.5, 0.6) is 5.75 Å². The standard InChI is InChI=1S/C24H35N3O6S/c1-31-15-12-27(13-16-32-2)19-20-7-4-10-23(17-20)33-14-6-11-25-24(28)21-8-5-9-22(18-21)26-34(3,29)30/h4-5,7-10,17-18,26H,6,11-16,19H2,1-3H3,(H,25,28). The molecule has 0 fully saturated rings. The fourth-order valence-corrected chi connectivity index (χ4v) is 3.76. The molecule has 10 heteroatoms. The third kappa shape index (κ3) is 11.0. The Bertz CT molecular complexity index is 992. The topological polar surface area (TPSA) is 106 Å². The lowest BCUT2D eigenvalue weighted by atomic mass is 10.2. The highest BCUT2D eigenvalue weighted by Gasteiger charge is 2.09. The first-order valence-electron chi connectivity index (χ1n) is 11.1. The van der Waals surface area contributed by atoms with E-state index in [1.165, 1.54) is 6.07 Å². The molecule has 0 bridgehead atoms. The van der Waals surface area contributed by atoms with Crippen LogP contribution in [-0.2, 0) is 26.0 Å². The van der Waals surface area contributed by atoms with Crippen LogP contribution in [0.2, 0.25) is 0 Å². The van der Waals surface area contributed by atoms with Crippen LogP contribution in [0.3, 0.4) is 0 Å². The molecule has 2 rings (SSSR count). The number of hydrogen-bond donors (Lipinski definition) is 2. The van der Waals surface area contributed by atoms with Crippen molar-refractivity contribution in [2.24, 2.45) is 0 Å². The van der Waals surface area contributed by atoms with Gasteiger partial charge in [-0.3, -0.25) is 14.4 Å². The van der Waals surface area contributed by atoms with E-state index >= 15 is 0 Å². The molecule has 0 radical (unpaired) electrons. The van der Waals surface area contributed by atoms with Gasteiger partial charge in [-0.25, -0.2) is 8.42 Å². The first kappa shape index (κ1) is 27.6. The predicted octanol–water partition coefficient (Wildman–Crippen LogP) is 2.35. The first-order chi connectivity index (χ1) is 16.3. The van der Waals surface area contributed by atoms with E-state index in [9.17, 15) is 13.2 Å². The number of anilines is 1. The van der Waals surface area contributed by atoms with Gasteiger partial charge in [0.25, 0.3) is 5.91 Å². The van der Waals surface area contributed by atoms with E-state index in [0.29, 0.717) is 44.0 Å². The van der Waals surface area contributed by atoms with Gasteiger partial charge in [0.1, 0.15) is 5.75 Å². The fraction of sp³-hybridized carbons (Fsp3) is 0.458. The van der Waals surface area contributed by atoms with Crippen molar-refractivity contribution < 1.29 is 27.4 Å². The zero-order valence-electron chi connectivity index (χ0n) is 20.1. The van der Waals surface area contributed by atoms with E-state index in [2.05, 4.69) is 21.0 Å². The molecule has 0 aliphatic rings. The maximum atomic E-state index is 12.3. The Labute approximate surface area is 202 Å². The number of rotatable bonds is 16. The van der Waals surface area contributed by atoms with Crippen molar-refractivity contribution in [1.82, 2.24) is 10.2 Å². The summed E-state index contributed by atoms with van der Waals surface area (Å²) in [6.45, 7) is 4.61. The van der Waals surface area contributed by atoms with E-state index in [0.717, 1.165) is 37.2 Å². The summed E-state index contributed by atoms with van der Waals surface area (Å²) in [4.78, 5) is 14.6. The monoisotopic (exact) mass is 493 g/mol. The van der Waals surface area contributed by atoms with E-state index < -0.39 is 10.0 Å². The van der Waals surface area contributed by atoms with Crippen molar-refractivity contribution in [3.63, 3.8) is 0 Å². The number of benzene rings is 2. The SMILES string of the molecule is COCCN(CCOC)Cc1cccc(OCCCNC(=O)c2cccc(NS(C)(=O)=O)c2)c1. The lowest BCUT2D eigenvalue weighted by molar-refractivity contribution is 0.0951. The van der Waals surface area contributed by atoms with Crippen LogP contribution < -0.4 is 14.8 Å². The lowest BCUT2D eigenvalue weighted by Crippen LogP contribution is -2.30. The minimum absolute atomic E-state index is 0.272. The number of ether oxygens (including phenoxy) is 3. The molecule has 188 valence electrons.